The van der Waals surface area contributed by atoms with Gasteiger partial charge in [0.15, 0.2) is 5.78 Å². The van der Waals surface area contributed by atoms with Crippen molar-refractivity contribution in [2.24, 2.45) is 17.8 Å². The lowest BCUT2D eigenvalue weighted by molar-refractivity contribution is -0.124. The van der Waals surface area contributed by atoms with E-state index in [1.165, 1.54) is 30.0 Å². The maximum atomic E-state index is 14.8. The zero-order chi connectivity index (χ0) is 27.7. The summed E-state index contributed by atoms with van der Waals surface area (Å²) in [5.41, 5.74) is 4.68. The van der Waals surface area contributed by atoms with E-state index in [1.54, 1.807) is 12.1 Å². The number of benzene rings is 3. The van der Waals surface area contributed by atoms with Crippen LogP contribution in [0, 0.1) is 23.6 Å². The summed E-state index contributed by atoms with van der Waals surface area (Å²) in [5.74, 6) is -0.0241. The summed E-state index contributed by atoms with van der Waals surface area (Å²) in [4.78, 5) is 29.0. The fraction of sp³-hybridized carbons (Fsp3) is 0.333. The van der Waals surface area contributed by atoms with Crippen LogP contribution in [-0.4, -0.2) is 25.8 Å². The molecule has 2 aliphatic rings. The summed E-state index contributed by atoms with van der Waals surface area (Å²) < 4.78 is 24.0. The number of carbonyl (C=O) groups is 2. The monoisotopic (exact) mass is 511 g/mol. The molecule has 0 saturated heterocycles. The van der Waals surface area contributed by atoms with E-state index in [0.29, 0.717) is 28.7 Å². The van der Waals surface area contributed by atoms with Crippen molar-refractivity contribution in [2.75, 3.05) is 23.9 Å². The zero-order valence-corrected chi connectivity index (χ0v) is 22.2. The van der Waals surface area contributed by atoms with Gasteiger partial charge in [0.2, 0.25) is 5.91 Å². The van der Waals surface area contributed by atoms with Crippen molar-refractivity contribution in [1.29, 1.82) is 0 Å². The second kappa shape index (κ2) is 10.9. The highest BCUT2D eigenvalue weighted by Crippen LogP contribution is 2.49. The maximum Gasteiger partial charge on any atom is 0.230 e. The van der Waals surface area contributed by atoms with Gasteiger partial charge in [0.05, 0.1) is 7.89 Å². The molecular formula is C33H35FN2O2. The highest BCUT2D eigenvalue weighted by Gasteiger charge is 2.44. The molecule has 0 N–H and O–H groups in total. The molecule has 3 aromatic carbocycles. The highest BCUT2D eigenvalue weighted by molar-refractivity contribution is 5.96. The number of allylic oxidation sites excluding steroid dienone is 1. The first-order valence-corrected chi connectivity index (χ1v) is 13.3. The number of nitrogens with zero attached hydrogens (tertiary/aromatic N) is 2. The van der Waals surface area contributed by atoms with Crippen LogP contribution in [0.1, 0.15) is 45.1 Å². The van der Waals surface area contributed by atoms with Crippen LogP contribution in [0.5, 0.6) is 0 Å². The molecule has 2 saturated carbocycles. The molecule has 2 fully saturated rings. The van der Waals surface area contributed by atoms with Gasteiger partial charge in [0, 0.05) is 31.4 Å². The minimum Gasteiger partial charge on any atom is -0.378 e. The Morgan fingerprint density at radius 1 is 0.947 bits per heavy atom. The van der Waals surface area contributed by atoms with Crippen molar-refractivity contribution in [1.82, 2.24) is 0 Å². The molecule has 2 bridgehead atoms. The summed E-state index contributed by atoms with van der Waals surface area (Å²) >= 11 is 0. The zero-order valence-electron chi connectivity index (χ0n) is 23.2. The van der Waals surface area contributed by atoms with Gasteiger partial charge >= 0.3 is 0 Å². The summed E-state index contributed by atoms with van der Waals surface area (Å²) in [7, 11) is 4.01. The molecule has 3 aromatic rings. The Bertz CT molecular complexity index is 1380. The van der Waals surface area contributed by atoms with Crippen molar-refractivity contribution in [3.63, 3.8) is 0 Å². The van der Waals surface area contributed by atoms with Crippen molar-refractivity contribution < 1.29 is 15.4 Å². The number of hydrogen-bond donors (Lipinski definition) is 0. The van der Waals surface area contributed by atoms with Gasteiger partial charge in [-0.2, -0.15) is 0 Å². The molecule has 5 heteroatoms. The van der Waals surface area contributed by atoms with E-state index in [9.17, 15) is 15.4 Å². The fourth-order valence-electron chi connectivity index (χ4n) is 5.90. The van der Waals surface area contributed by atoms with Gasteiger partial charge in [0.25, 0.3) is 0 Å². The Labute approximate surface area is 226 Å². The Morgan fingerprint density at radius 2 is 1.63 bits per heavy atom. The smallest absolute Gasteiger partial charge is 0.230 e. The molecule has 4 nitrogen and oxygen atoms in total. The third-order valence-electron chi connectivity index (χ3n) is 7.89. The van der Waals surface area contributed by atoms with Gasteiger partial charge in [-0.1, -0.05) is 48.9 Å². The van der Waals surface area contributed by atoms with Crippen LogP contribution in [0.25, 0.3) is 17.2 Å². The Hall–Kier alpha value is -3.73. The number of anilines is 2. The molecule has 4 atom stereocenters. The number of hydrogen-bond acceptors (Lipinski definition) is 3. The second-order valence-electron chi connectivity index (χ2n) is 10.9. The van der Waals surface area contributed by atoms with Crippen LogP contribution >= 0.6 is 0 Å². The number of carbonyl (C=O) groups excluding carboxylic acids is 2. The molecule has 5 rings (SSSR count). The van der Waals surface area contributed by atoms with E-state index in [1.807, 2.05) is 43.3 Å². The van der Waals surface area contributed by atoms with Crippen LogP contribution in [0.4, 0.5) is 15.8 Å². The Balaban J connectivity index is 1.48. The topological polar surface area (TPSA) is 40.6 Å². The number of halogens is 1. The van der Waals surface area contributed by atoms with Crippen LogP contribution in [0.3, 0.4) is 0 Å². The van der Waals surface area contributed by atoms with Gasteiger partial charge in [0.1, 0.15) is 5.82 Å². The van der Waals surface area contributed by atoms with E-state index in [0.717, 1.165) is 42.5 Å². The molecule has 0 aliphatic heterocycles. The van der Waals surface area contributed by atoms with Crippen molar-refractivity contribution in [3.8, 4) is 11.1 Å². The molecule has 1 amide bonds. The predicted octanol–water partition coefficient (Wildman–Crippen LogP) is 7.13. The molecule has 0 unspecified atom stereocenters. The van der Waals surface area contributed by atoms with Crippen molar-refractivity contribution in [3.05, 3.63) is 89.8 Å². The van der Waals surface area contributed by atoms with Gasteiger partial charge in [-0.3, -0.25) is 9.59 Å². The molecular weight excluding hydrogens is 475 g/mol. The lowest BCUT2D eigenvalue weighted by Crippen LogP contribution is -2.38. The Kier molecular flexibility index (Phi) is 7.08. The molecule has 38 heavy (non-hydrogen) atoms. The molecule has 0 aromatic heterocycles. The number of amides is 1. The normalized spacial score (nSPS) is 21.4. The summed E-state index contributed by atoms with van der Waals surface area (Å²) in [5, 5.41) is 0. The largest absolute Gasteiger partial charge is 0.378 e. The van der Waals surface area contributed by atoms with Gasteiger partial charge in [-0.05, 0) is 96.7 Å². The minimum atomic E-state index is -1.03. The van der Waals surface area contributed by atoms with E-state index in [2.05, 4.69) is 24.3 Å². The van der Waals surface area contributed by atoms with Gasteiger partial charge < -0.3 is 9.80 Å². The van der Waals surface area contributed by atoms with E-state index in [4.69, 9.17) is 0 Å². The predicted molar refractivity (Wildman–Crippen MR) is 152 cm³/mol. The number of rotatable bonds is 8. The highest BCUT2D eigenvalue weighted by atomic mass is 19.1. The van der Waals surface area contributed by atoms with Crippen molar-refractivity contribution in [2.45, 2.75) is 39.1 Å². The molecule has 2 aliphatic carbocycles. The lowest BCUT2D eigenvalue weighted by atomic mass is 9.87. The van der Waals surface area contributed by atoms with E-state index >= 15 is 0 Å². The lowest BCUT2D eigenvalue weighted by Gasteiger charge is -2.30. The van der Waals surface area contributed by atoms with E-state index < -0.39 is 12.3 Å². The minimum absolute atomic E-state index is 0.113. The molecule has 196 valence electrons. The number of fused-ring (bicyclic) bond motifs is 2. The maximum absolute atomic E-state index is 14.8. The fourth-order valence-corrected chi connectivity index (χ4v) is 5.90. The summed E-state index contributed by atoms with van der Waals surface area (Å²) in [6, 6.07) is 20.3. The van der Waals surface area contributed by atoms with Crippen LogP contribution < -0.4 is 9.80 Å². The number of ketones is 1. The molecule has 0 heterocycles. The standard InChI is InChI=1S/C33H35FN2O2/c1-22(37)4-5-25-17-29(34)20-31(18-25)36(33(38)32-19-24-8-11-28(32)16-24)21-23-6-9-26(10-7-23)27-12-14-30(15-13-27)35(2)3/h4-7,9-10,12-15,17-18,20,24,28,32H,8,11,16,19,21H2,1-3H3/b5-4+/t24-,28+,32+/m1/s1/i21D/t21-,24+,28-,32-/m0. The van der Waals surface area contributed by atoms with Crippen LogP contribution in [0.15, 0.2) is 72.8 Å². The third kappa shape index (κ3) is 5.72. The average Bonchev–Trinajstić information content (AvgIpc) is 3.56. The molecule has 0 radical (unpaired) electrons. The summed E-state index contributed by atoms with van der Waals surface area (Å²) in [6.07, 6.45) is 7.02. The SMILES string of the molecule is [2H][C@@H](c1ccc(-c2ccc(N(C)C)cc2)cc1)N(C(=O)[C@H]1C[C@@H]2CC[C@H]1C2)c1cc(F)cc(/C=C/C(C)=O)c1. The first-order valence-electron chi connectivity index (χ1n) is 13.9. The Morgan fingerprint density at radius 3 is 2.21 bits per heavy atom. The first-order chi connectivity index (χ1) is 18.7. The van der Waals surface area contributed by atoms with Crippen LogP contribution in [0.2, 0.25) is 0 Å². The van der Waals surface area contributed by atoms with Gasteiger partial charge in [-0.15, -0.1) is 0 Å². The summed E-state index contributed by atoms with van der Waals surface area (Å²) in [6.45, 7) is 0.398. The molecule has 0 spiro atoms. The second-order valence-corrected chi connectivity index (χ2v) is 10.9. The van der Waals surface area contributed by atoms with E-state index in [-0.39, 0.29) is 17.6 Å². The van der Waals surface area contributed by atoms with Crippen LogP contribution in [-0.2, 0) is 16.1 Å². The first kappa shape index (κ1) is 24.6. The average molecular weight is 512 g/mol. The third-order valence-corrected chi connectivity index (χ3v) is 7.89. The quantitative estimate of drug-likeness (QED) is 0.302. The van der Waals surface area contributed by atoms with Gasteiger partial charge in [-0.25, -0.2) is 4.39 Å². The van der Waals surface area contributed by atoms with Crippen molar-refractivity contribution >= 4 is 29.1 Å².